The highest BCUT2D eigenvalue weighted by Crippen LogP contribution is 2.40. The summed E-state index contributed by atoms with van der Waals surface area (Å²) < 4.78 is 31.8. The Morgan fingerprint density at radius 1 is 1.45 bits per heavy atom. The fourth-order valence-electron chi connectivity index (χ4n) is 2.31. The van der Waals surface area contributed by atoms with Crippen LogP contribution in [0, 0.1) is 28.9 Å². The van der Waals surface area contributed by atoms with E-state index in [1.165, 1.54) is 6.07 Å². The van der Waals surface area contributed by atoms with Crippen molar-refractivity contribution < 1.29 is 13.5 Å². The first-order chi connectivity index (χ1) is 9.47. The molecule has 1 atom stereocenters. The first kappa shape index (κ1) is 14.7. The van der Waals surface area contributed by atoms with Crippen LogP contribution in [-0.4, -0.2) is 18.2 Å². The lowest BCUT2D eigenvalue weighted by Crippen LogP contribution is -2.53. The summed E-state index contributed by atoms with van der Waals surface area (Å²) in [6.45, 7) is 3.95. The monoisotopic (exact) mass is 280 g/mol. The van der Waals surface area contributed by atoms with Crippen LogP contribution in [0.4, 0.5) is 8.78 Å². The number of hydrogen-bond donors (Lipinski definition) is 1. The number of nitrogens with one attached hydrogen (secondary N) is 1. The predicted molar refractivity (Wildman–Crippen MR) is 71.2 cm³/mol. The summed E-state index contributed by atoms with van der Waals surface area (Å²) in [5.41, 5.74) is -0.811. The molecule has 1 aliphatic rings. The van der Waals surface area contributed by atoms with E-state index in [1.54, 1.807) is 0 Å². The van der Waals surface area contributed by atoms with Gasteiger partial charge in [-0.15, -0.1) is 0 Å². The Labute approximate surface area is 117 Å². The molecule has 1 N–H and O–H groups in total. The molecule has 1 aromatic rings. The molecule has 0 spiro atoms. The molecular formula is C15H18F2N2O. The second-order valence-electron chi connectivity index (χ2n) is 5.52. The number of halogens is 2. The van der Waals surface area contributed by atoms with Gasteiger partial charge in [0.15, 0.2) is 11.6 Å². The minimum Gasteiger partial charge on any atom is -0.487 e. The van der Waals surface area contributed by atoms with E-state index in [0.29, 0.717) is 0 Å². The third kappa shape index (κ3) is 3.26. The molecule has 3 nitrogen and oxygen atoms in total. The third-order valence-corrected chi connectivity index (χ3v) is 3.37. The summed E-state index contributed by atoms with van der Waals surface area (Å²) in [5.74, 6) is -1.21. The molecule has 20 heavy (non-hydrogen) atoms. The molecule has 1 unspecified atom stereocenters. The van der Waals surface area contributed by atoms with Gasteiger partial charge < -0.3 is 4.74 Å². The first-order valence-corrected chi connectivity index (χ1v) is 6.73. The van der Waals surface area contributed by atoms with Crippen molar-refractivity contribution in [1.29, 1.82) is 5.26 Å². The summed E-state index contributed by atoms with van der Waals surface area (Å²) in [6.07, 6.45) is 1.92. The normalized spacial score (nSPS) is 17.6. The zero-order valence-corrected chi connectivity index (χ0v) is 11.6. The predicted octanol–water partition coefficient (Wildman–Crippen LogP) is 3.01. The van der Waals surface area contributed by atoms with Crippen LogP contribution >= 0.6 is 0 Å². The third-order valence-electron chi connectivity index (χ3n) is 3.37. The summed E-state index contributed by atoms with van der Waals surface area (Å²) in [7, 11) is 0. The second-order valence-corrected chi connectivity index (χ2v) is 5.52. The zero-order valence-electron chi connectivity index (χ0n) is 11.6. The van der Waals surface area contributed by atoms with E-state index in [2.05, 4.69) is 11.4 Å². The number of nitriles is 1. The van der Waals surface area contributed by atoms with Gasteiger partial charge in [-0.3, -0.25) is 5.32 Å². The van der Waals surface area contributed by atoms with Gasteiger partial charge in [0.05, 0.1) is 6.07 Å². The molecule has 2 rings (SSSR count). The van der Waals surface area contributed by atoms with Gasteiger partial charge in [-0.1, -0.05) is 0 Å². The fraction of sp³-hybridized carbons (Fsp3) is 0.533. The average molecular weight is 280 g/mol. The molecule has 0 radical (unpaired) electrons. The highest BCUT2D eigenvalue weighted by atomic mass is 19.1. The Morgan fingerprint density at radius 2 is 2.15 bits per heavy atom. The van der Waals surface area contributed by atoms with Gasteiger partial charge in [0, 0.05) is 12.1 Å². The van der Waals surface area contributed by atoms with E-state index >= 15 is 0 Å². The highest BCUT2D eigenvalue weighted by Gasteiger charge is 2.47. The minimum absolute atomic E-state index is 0.0303. The molecule has 0 heterocycles. The van der Waals surface area contributed by atoms with Gasteiger partial charge in [-0.2, -0.15) is 5.26 Å². The maximum Gasteiger partial charge on any atom is 0.167 e. The summed E-state index contributed by atoms with van der Waals surface area (Å²) >= 11 is 0. The number of benzene rings is 1. The van der Waals surface area contributed by atoms with Crippen molar-refractivity contribution >= 4 is 0 Å². The Kier molecular flexibility index (Phi) is 4.24. The van der Waals surface area contributed by atoms with Gasteiger partial charge in [0.2, 0.25) is 0 Å². The Hall–Kier alpha value is -1.67. The Balaban J connectivity index is 2.11. The van der Waals surface area contributed by atoms with Gasteiger partial charge in [-0.25, -0.2) is 8.78 Å². The molecule has 0 aliphatic heterocycles. The van der Waals surface area contributed by atoms with Crippen LogP contribution in [0.25, 0.3) is 0 Å². The van der Waals surface area contributed by atoms with Crippen LogP contribution in [0.1, 0.15) is 26.7 Å². The molecule has 1 saturated carbocycles. The standard InChI is InChI=1S/C15H18F2N2O/c1-10(2)19-15(8-18,11-3-4-11)9-20-14-6-5-12(16)7-13(14)17/h5-7,10-11,19H,3-4,9H2,1-2H3. The van der Waals surface area contributed by atoms with Crippen LogP contribution in [0.2, 0.25) is 0 Å². The van der Waals surface area contributed by atoms with Crippen LogP contribution < -0.4 is 10.1 Å². The average Bonchev–Trinajstić information content (AvgIpc) is 3.20. The Bertz CT molecular complexity index is 523. The summed E-state index contributed by atoms with van der Waals surface area (Å²) in [4.78, 5) is 0. The van der Waals surface area contributed by atoms with Crippen molar-refractivity contribution in [3.8, 4) is 11.8 Å². The highest BCUT2D eigenvalue weighted by molar-refractivity contribution is 5.26. The van der Waals surface area contributed by atoms with E-state index in [0.717, 1.165) is 25.0 Å². The van der Waals surface area contributed by atoms with Crippen molar-refractivity contribution in [2.24, 2.45) is 5.92 Å². The van der Waals surface area contributed by atoms with Crippen LogP contribution in [0.5, 0.6) is 5.75 Å². The maximum absolute atomic E-state index is 13.5. The molecule has 1 aliphatic carbocycles. The van der Waals surface area contributed by atoms with Crippen molar-refractivity contribution in [2.45, 2.75) is 38.3 Å². The molecule has 0 saturated heterocycles. The fourth-order valence-corrected chi connectivity index (χ4v) is 2.31. The van der Waals surface area contributed by atoms with Crippen LogP contribution in [0.3, 0.4) is 0 Å². The van der Waals surface area contributed by atoms with Crippen LogP contribution in [0.15, 0.2) is 18.2 Å². The molecular weight excluding hydrogens is 262 g/mol. The van der Waals surface area contributed by atoms with Crippen molar-refractivity contribution in [2.75, 3.05) is 6.61 Å². The molecule has 0 bridgehead atoms. The van der Waals surface area contributed by atoms with E-state index in [4.69, 9.17) is 4.74 Å². The Morgan fingerprint density at radius 3 is 2.65 bits per heavy atom. The lowest BCUT2D eigenvalue weighted by Gasteiger charge is -2.30. The zero-order chi connectivity index (χ0) is 14.8. The van der Waals surface area contributed by atoms with Gasteiger partial charge in [-0.05, 0) is 44.7 Å². The molecule has 108 valence electrons. The van der Waals surface area contributed by atoms with Gasteiger partial charge in [0.25, 0.3) is 0 Å². The number of ether oxygens (including phenoxy) is 1. The van der Waals surface area contributed by atoms with E-state index in [9.17, 15) is 14.0 Å². The topological polar surface area (TPSA) is 45.0 Å². The van der Waals surface area contributed by atoms with Gasteiger partial charge in [0.1, 0.15) is 18.0 Å². The summed E-state index contributed by atoms with van der Waals surface area (Å²) in [6, 6.07) is 5.56. The molecule has 1 fully saturated rings. The lowest BCUT2D eigenvalue weighted by atomic mass is 9.95. The molecule has 5 heteroatoms. The molecule has 0 amide bonds. The molecule has 0 aromatic heterocycles. The number of nitrogens with zero attached hydrogens (tertiary/aromatic N) is 1. The van der Waals surface area contributed by atoms with Crippen LogP contribution in [-0.2, 0) is 0 Å². The minimum atomic E-state index is -0.811. The van der Waals surface area contributed by atoms with Crippen molar-refractivity contribution in [3.05, 3.63) is 29.8 Å². The number of rotatable bonds is 6. The van der Waals surface area contributed by atoms with Crippen molar-refractivity contribution in [3.63, 3.8) is 0 Å². The summed E-state index contributed by atoms with van der Waals surface area (Å²) in [5, 5.41) is 12.7. The first-order valence-electron chi connectivity index (χ1n) is 6.73. The van der Waals surface area contributed by atoms with E-state index in [1.807, 2.05) is 13.8 Å². The lowest BCUT2D eigenvalue weighted by molar-refractivity contribution is 0.186. The van der Waals surface area contributed by atoms with E-state index < -0.39 is 17.2 Å². The smallest absolute Gasteiger partial charge is 0.167 e. The quantitative estimate of drug-likeness (QED) is 0.871. The SMILES string of the molecule is CC(C)NC(C#N)(COc1ccc(F)cc1F)C1CC1. The largest absolute Gasteiger partial charge is 0.487 e. The van der Waals surface area contributed by atoms with Crippen molar-refractivity contribution in [1.82, 2.24) is 5.32 Å². The second kappa shape index (κ2) is 5.76. The maximum atomic E-state index is 13.5. The van der Waals surface area contributed by atoms with E-state index in [-0.39, 0.29) is 24.3 Å². The molecule has 1 aromatic carbocycles. The van der Waals surface area contributed by atoms with Gasteiger partial charge >= 0.3 is 0 Å². The number of hydrogen-bond acceptors (Lipinski definition) is 3.